The summed E-state index contributed by atoms with van der Waals surface area (Å²) in [5.74, 6) is -0.595. The normalized spacial score (nSPS) is 21.1. The van der Waals surface area contributed by atoms with Crippen molar-refractivity contribution in [3.63, 3.8) is 0 Å². The number of fused-ring (bicyclic) bond motifs is 1. The van der Waals surface area contributed by atoms with Gasteiger partial charge >= 0.3 is 0 Å². The highest BCUT2D eigenvalue weighted by Gasteiger charge is 2.54. The molecule has 2 aromatic carbocycles. The summed E-state index contributed by atoms with van der Waals surface area (Å²) >= 11 is 0. The molecule has 2 atom stereocenters. The number of carbonyl (C=O) groups is 2. The quantitative estimate of drug-likeness (QED) is 0.761. The van der Waals surface area contributed by atoms with Gasteiger partial charge in [0.05, 0.1) is 18.8 Å². The van der Waals surface area contributed by atoms with E-state index in [9.17, 15) is 14.0 Å². The Kier molecular flexibility index (Phi) is 4.31. The van der Waals surface area contributed by atoms with Crippen LogP contribution in [0.15, 0.2) is 58.9 Å². The third kappa shape index (κ3) is 2.92. The van der Waals surface area contributed by atoms with Crippen molar-refractivity contribution in [2.75, 3.05) is 11.5 Å². The number of rotatable bonds is 5. The topological polar surface area (TPSA) is 74.6 Å². The number of halogens is 1. The number of anilines is 1. The second-order valence-corrected chi connectivity index (χ2v) is 6.22. The lowest BCUT2D eigenvalue weighted by Crippen LogP contribution is -2.39. The molecule has 138 valence electrons. The van der Waals surface area contributed by atoms with Crippen LogP contribution in [0.2, 0.25) is 0 Å². The molecule has 0 spiro atoms. The minimum atomic E-state index is -0.907. The molecule has 2 aliphatic rings. The molecule has 0 unspecified atom stereocenters. The smallest absolute Gasteiger partial charge is 0.263 e. The Morgan fingerprint density at radius 1 is 1.07 bits per heavy atom. The van der Waals surface area contributed by atoms with Gasteiger partial charge in [0.2, 0.25) is 0 Å². The van der Waals surface area contributed by atoms with Crippen LogP contribution in [0.5, 0.6) is 5.75 Å². The van der Waals surface area contributed by atoms with Crippen molar-refractivity contribution in [2.45, 2.75) is 25.6 Å². The van der Waals surface area contributed by atoms with Gasteiger partial charge in [-0.05, 0) is 37.3 Å². The molecule has 27 heavy (non-hydrogen) atoms. The van der Waals surface area contributed by atoms with Crippen LogP contribution in [0.25, 0.3) is 0 Å². The largest absolute Gasteiger partial charge is 0.494 e. The van der Waals surface area contributed by atoms with Crippen molar-refractivity contribution in [2.24, 2.45) is 10.3 Å². The minimum Gasteiger partial charge on any atom is -0.494 e. The average Bonchev–Trinajstić information content (AvgIpc) is 3.19. The molecule has 8 heteroatoms. The first-order chi connectivity index (χ1) is 13.1. The number of benzene rings is 2. The van der Waals surface area contributed by atoms with E-state index in [1.165, 1.54) is 11.1 Å². The van der Waals surface area contributed by atoms with Gasteiger partial charge in [0, 0.05) is 5.56 Å². The van der Waals surface area contributed by atoms with Gasteiger partial charge in [-0.2, -0.15) is 5.11 Å². The van der Waals surface area contributed by atoms with Gasteiger partial charge in [-0.25, -0.2) is 9.29 Å². The zero-order valence-corrected chi connectivity index (χ0v) is 14.6. The van der Waals surface area contributed by atoms with Crippen molar-refractivity contribution in [1.29, 1.82) is 0 Å². The number of imide groups is 1. The first kappa shape index (κ1) is 17.1. The Labute approximate surface area is 155 Å². The summed E-state index contributed by atoms with van der Waals surface area (Å²) in [4.78, 5) is 26.7. The Morgan fingerprint density at radius 2 is 1.81 bits per heavy atom. The molecular formula is C19H17FN4O3. The van der Waals surface area contributed by atoms with Crippen LogP contribution in [0, 0.1) is 5.82 Å². The number of hydrogen-bond acceptors (Lipinski definition) is 6. The molecule has 2 heterocycles. The molecule has 7 nitrogen and oxygen atoms in total. The number of carbonyl (C=O) groups excluding carboxylic acids is 2. The predicted molar refractivity (Wildman–Crippen MR) is 94.5 cm³/mol. The maximum absolute atomic E-state index is 13.9. The van der Waals surface area contributed by atoms with Gasteiger partial charge in [-0.15, -0.1) is 0 Å². The minimum absolute atomic E-state index is 0.0630. The lowest BCUT2D eigenvalue weighted by atomic mass is 10.1. The molecule has 2 aliphatic heterocycles. The molecule has 0 saturated carbocycles. The zero-order chi connectivity index (χ0) is 19.0. The molecular weight excluding hydrogens is 351 g/mol. The van der Waals surface area contributed by atoms with E-state index in [1.807, 2.05) is 6.92 Å². The van der Waals surface area contributed by atoms with E-state index in [0.29, 0.717) is 23.6 Å². The Balaban J connectivity index is 1.57. The molecule has 0 aromatic heterocycles. The van der Waals surface area contributed by atoms with Gasteiger partial charge in [0.15, 0.2) is 12.1 Å². The molecule has 0 N–H and O–H groups in total. The van der Waals surface area contributed by atoms with Crippen LogP contribution < -0.4 is 9.64 Å². The first-order valence-corrected chi connectivity index (χ1v) is 8.61. The van der Waals surface area contributed by atoms with E-state index in [2.05, 4.69) is 10.3 Å². The third-order valence-corrected chi connectivity index (χ3v) is 4.55. The van der Waals surface area contributed by atoms with Crippen LogP contribution in [0.1, 0.15) is 12.5 Å². The van der Waals surface area contributed by atoms with Crippen LogP contribution in [-0.2, 0) is 16.1 Å². The molecule has 0 aliphatic carbocycles. The molecule has 1 saturated heterocycles. The summed E-state index contributed by atoms with van der Waals surface area (Å²) in [6, 6.07) is 11.2. The monoisotopic (exact) mass is 368 g/mol. The van der Waals surface area contributed by atoms with Crippen molar-refractivity contribution >= 4 is 17.5 Å². The highest BCUT2D eigenvalue weighted by Crippen LogP contribution is 2.33. The Morgan fingerprint density at radius 3 is 2.52 bits per heavy atom. The van der Waals surface area contributed by atoms with E-state index in [0.717, 1.165) is 4.90 Å². The lowest BCUT2D eigenvalue weighted by molar-refractivity contribution is -0.123. The summed E-state index contributed by atoms with van der Waals surface area (Å²) in [6.07, 6.45) is 0. The number of hydrogen-bond donors (Lipinski definition) is 0. The molecule has 0 bridgehead atoms. The van der Waals surface area contributed by atoms with Crippen LogP contribution in [-0.4, -0.2) is 35.5 Å². The standard InChI is InChI=1S/C19H17FN4O3/c1-2-27-14-9-7-13(8-10-14)24-18(25)16-17(19(24)26)23(22-21-16)11-12-5-3-4-6-15(12)20/h3-10,16-17H,2,11H2,1H3/t16-,17+/m0/s1. The van der Waals surface area contributed by atoms with E-state index in [1.54, 1.807) is 42.5 Å². The maximum Gasteiger partial charge on any atom is 0.263 e. The highest BCUT2D eigenvalue weighted by molar-refractivity contribution is 6.25. The van der Waals surface area contributed by atoms with E-state index in [-0.39, 0.29) is 6.54 Å². The van der Waals surface area contributed by atoms with Crippen LogP contribution >= 0.6 is 0 Å². The number of ether oxygens (including phenoxy) is 1. The summed E-state index contributed by atoms with van der Waals surface area (Å²) in [5.41, 5.74) is 0.834. The molecule has 4 rings (SSSR count). The highest BCUT2D eigenvalue weighted by atomic mass is 19.1. The van der Waals surface area contributed by atoms with Gasteiger partial charge in [-0.3, -0.25) is 14.6 Å². The fourth-order valence-corrected chi connectivity index (χ4v) is 3.27. The number of amides is 2. The second kappa shape index (κ2) is 6.79. The van der Waals surface area contributed by atoms with Crippen molar-refractivity contribution < 1.29 is 18.7 Å². The SMILES string of the molecule is CCOc1ccc(N2C(=O)[C@H]3N=NN(Cc4ccccc4F)[C@H]3C2=O)cc1. The molecule has 1 fully saturated rings. The van der Waals surface area contributed by atoms with Crippen molar-refractivity contribution in [1.82, 2.24) is 5.01 Å². The lowest BCUT2D eigenvalue weighted by Gasteiger charge is -2.21. The maximum atomic E-state index is 13.9. The fraction of sp³-hybridized carbons (Fsp3) is 0.263. The van der Waals surface area contributed by atoms with Crippen LogP contribution in [0.4, 0.5) is 10.1 Å². The van der Waals surface area contributed by atoms with Gasteiger partial charge in [0.1, 0.15) is 11.6 Å². The molecule has 2 amide bonds. The Bertz CT molecular complexity index is 915. The summed E-state index contributed by atoms with van der Waals surface area (Å²) in [6.45, 7) is 2.46. The van der Waals surface area contributed by atoms with Gasteiger partial charge in [0.25, 0.3) is 11.8 Å². The van der Waals surface area contributed by atoms with Crippen LogP contribution in [0.3, 0.4) is 0 Å². The number of nitrogens with zero attached hydrogens (tertiary/aromatic N) is 4. The second-order valence-electron chi connectivity index (χ2n) is 6.22. The average molecular weight is 368 g/mol. The van der Waals surface area contributed by atoms with E-state index < -0.39 is 29.7 Å². The van der Waals surface area contributed by atoms with Crippen molar-refractivity contribution in [3.05, 3.63) is 59.9 Å². The predicted octanol–water partition coefficient (Wildman–Crippen LogP) is 2.72. The third-order valence-electron chi connectivity index (χ3n) is 4.55. The fourth-order valence-electron chi connectivity index (χ4n) is 3.27. The van der Waals surface area contributed by atoms with E-state index in [4.69, 9.17) is 4.74 Å². The zero-order valence-electron chi connectivity index (χ0n) is 14.6. The van der Waals surface area contributed by atoms with Crippen molar-refractivity contribution in [3.8, 4) is 5.75 Å². The first-order valence-electron chi connectivity index (χ1n) is 8.61. The van der Waals surface area contributed by atoms with Gasteiger partial charge < -0.3 is 4.74 Å². The summed E-state index contributed by atoms with van der Waals surface area (Å²) in [7, 11) is 0. The summed E-state index contributed by atoms with van der Waals surface area (Å²) in [5, 5.41) is 9.25. The summed E-state index contributed by atoms with van der Waals surface area (Å²) < 4.78 is 19.3. The Hall–Kier alpha value is -3.29. The molecule has 0 radical (unpaired) electrons. The molecule has 2 aromatic rings. The van der Waals surface area contributed by atoms with E-state index >= 15 is 0 Å². The van der Waals surface area contributed by atoms with Gasteiger partial charge in [-0.1, -0.05) is 23.4 Å².